The summed E-state index contributed by atoms with van der Waals surface area (Å²) >= 11 is 0. The van der Waals surface area contributed by atoms with Gasteiger partial charge in [-0.05, 0) is 30.5 Å². The first-order valence-corrected chi connectivity index (χ1v) is 6.22. The number of aldehydes is 1. The highest BCUT2D eigenvalue weighted by Gasteiger charge is 2.17. The molecule has 0 bridgehead atoms. The van der Waals surface area contributed by atoms with E-state index in [4.69, 9.17) is 14.2 Å². The zero-order valence-electron chi connectivity index (χ0n) is 10.6. The maximum absolute atomic E-state index is 10.5. The SMILES string of the molecule is COc1cc(CC=O)ccc1OC1CCCCO1. The van der Waals surface area contributed by atoms with E-state index in [1.807, 2.05) is 18.2 Å². The number of benzene rings is 1. The van der Waals surface area contributed by atoms with Crippen molar-refractivity contribution < 1.29 is 19.0 Å². The van der Waals surface area contributed by atoms with Crippen LogP contribution in [0.25, 0.3) is 0 Å². The third kappa shape index (κ3) is 3.23. The van der Waals surface area contributed by atoms with Crippen molar-refractivity contribution in [1.82, 2.24) is 0 Å². The largest absolute Gasteiger partial charge is 0.493 e. The first kappa shape index (κ1) is 12.9. The monoisotopic (exact) mass is 250 g/mol. The van der Waals surface area contributed by atoms with Crippen molar-refractivity contribution in [3.05, 3.63) is 23.8 Å². The van der Waals surface area contributed by atoms with Crippen molar-refractivity contribution in [2.24, 2.45) is 0 Å². The molecule has 1 unspecified atom stereocenters. The van der Waals surface area contributed by atoms with Gasteiger partial charge in [-0.3, -0.25) is 0 Å². The highest BCUT2D eigenvalue weighted by Crippen LogP contribution is 2.30. The minimum Gasteiger partial charge on any atom is -0.493 e. The van der Waals surface area contributed by atoms with E-state index in [9.17, 15) is 4.79 Å². The van der Waals surface area contributed by atoms with Crippen LogP contribution in [0.3, 0.4) is 0 Å². The van der Waals surface area contributed by atoms with Crippen LogP contribution in [0.4, 0.5) is 0 Å². The Labute approximate surface area is 107 Å². The van der Waals surface area contributed by atoms with Crippen LogP contribution >= 0.6 is 0 Å². The second-order valence-corrected chi connectivity index (χ2v) is 4.27. The summed E-state index contributed by atoms with van der Waals surface area (Å²) in [5, 5.41) is 0. The normalized spacial score (nSPS) is 19.3. The van der Waals surface area contributed by atoms with E-state index in [1.54, 1.807) is 7.11 Å². The molecule has 1 aliphatic heterocycles. The average molecular weight is 250 g/mol. The van der Waals surface area contributed by atoms with Crippen molar-refractivity contribution in [2.45, 2.75) is 32.0 Å². The summed E-state index contributed by atoms with van der Waals surface area (Å²) in [6.07, 6.45) is 4.19. The molecule has 4 heteroatoms. The molecule has 98 valence electrons. The standard InChI is InChI=1S/C14H18O4/c1-16-13-10-11(7-8-15)5-6-12(13)18-14-4-2-3-9-17-14/h5-6,8,10,14H,2-4,7,9H2,1H3. The Bertz CT molecular complexity index is 397. The number of methoxy groups -OCH3 is 1. The van der Waals surface area contributed by atoms with Gasteiger partial charge in [-0.1, -0.05) is 6.07 Å². The minimum atomic E-state index is -0.190. The molecule has 0 radical (unpaired) electrons. The molecule has 1 aromatic rings. The maximum Gasteiger partial charge on any atom is 0.200 e. The molecule has 0 saturated carbocycles. The van der Waals surface area contributed by atoms with Crippen LogP contribution in [-0.4, -0.2) is 26.3 Å². The van der Waals surface area contributed by atoms with Gasteiger partial charge in [0.25, 0.3) is 0 Å². The van der Waals surface area contributed by atoms with Crippen LogP contribution in [0, 0.1) is 0 Å². The first-order chi connectivity index (χ1) is 8.83. The van der Waals surface area contributed by atoms with Gasteiger partial charge >= 0.3 is 0 Å². The molecular weight excluding hydrogens is 232 g/mol. The lowest BCUT2D eigenvalue weighted by Crippen LogP contribution is -2.25. The van der Waals surface area contributed by atoms with Gasteiger partial charge in [0.1, 0.15) is 6.29 Å². The van der Waals surface area contributed by atoms with E-state index in [0.717, 1.165) is 37.7 Å². The number of ether oxygens (including phenoxy) is 3. The molecule has 0 aromatic heterocycles. The van der Waals surface area contributed by atoms with Gasteiger partial charge in [-0.25, -0.2) is 0 Å². The maximum atomic E-state index is 10.5. The zero-order valence-corrected chi connectivity index (χ0v) is 10.6. The van der Waals surface area contributed by atoms with E-state index in [2.05, 4.69) is 0 Å². The Morgan fingerprint density at radius 2 is 2.28 bits per heavy atom. The van der Waals surface area contributed by atoms with Crippen LogP contribution in [0.2, 0.25) is 0 Å². The summed E-state index contributed by atoms with van der Waals surface area (Å²) in [6, 6.07) is 5.53. The van der Waals surface area contributed by atoms with Crippen LogP contribution in [-0.2, 0) is 16.0 Å². The van der Waals surface area contributed by atoms with Gasteiger partial charge < -0.3 is 19.0 Å². The highest BCUT2D eigenvalue weighted by molar-refractivity contribution is 5.56. The van der Waals surface area contributed by atoms with Crippen molar-refractivity contribution >= 4 is 6.29 Å². The second kappa shape index (κ2) is 6.40. The minimum absolute atomic E-state index is 0.190. The molecule has 18 heavy (non-hydrogen) atoms. The summed E-state index contributed by atoms with van der Waals surface area (Å²) in [6.45, 7) is 0.746. The molecule has 2 rings (SSSR count). The topological polar surface area (TPSA) is 44.8 Å². The van der Waals surface area contributed by atoms with Gasteiger partial charge in [-0.15, -0.1) is 0 Å². The zero-order chi connectivity index (χ0) is 12.8. The number of carbonyl (C=O) groups is 1. The Hall–Kier alpha value is -1.55. The molecular formula is C14H18O4. The molecule has 1 fully saturated rings. The smallest absolute Gasteiger partial charge is 0.200 e. The molecule has 1 aliphatic rings. The van der Waals surface area contributed by atoms with Gasteiger partial charge in [0.05, 0.1) is 13.7 Å². The molecule has 0 N–H and O–H groups in total. The lowest BCUT2D eigenvalue weighted by Gasteiger charge is -2.24. The third-order valence-corrected chi connectivity index (χ3v) is 2.94. The molecule has 0 aliphatic carbocycles. The second-order valence-electron chi connectivity index (χ2n) is 4.27. The highest BCUT2D eigenvalue weighted by atomic mass is 16.7. The predicted molar refractivity (Wildman–Crippen MR) is 67.0 cm³/mol. The van der Waals surface area contributed by atoms with E-state index >= 15 is 0 Å². The van der Waals surface area contributed by atoms with E-state index in [1.165, 1.54) is 0 Å². The van der Waals surface area contributed by atoms with Gasteiger partial charge in [0.2, 0.25) is 0 Å². The van der Waals surface area contributed by atoms with Crippen LogP contribution in [0.15, 0.2) is 18.2 Å². The van der Waals surface area contributed by atoms with Crippen molar-refractivity contribution in [3.63, 3.8) is 0 Å². The molecule has 4 nitrogen and oxygen atoms in total. The van der Waals surface area contributed by atoms with Gasteiger partial charge in [0.15, 0.2) is 17.8 Å². The Balaban J connectivity index is 2.08. The number of carbonyl (C=O) groups excluding carboxylic acids is 1. The molecule has 0 spiro atoms. The number of hydrogen-bond acceptors (Lipinski definition) is 4. The number of hydrogen-bond donors (Lipinski definition) is 0. The lowest BCUT2D eigenvalue weighted by molar-refractivity contribution is -0.107. The summed E-state index contributed by atoms with van der Waals surface area (Å²) in [5.74, 6) is 1.31. The van der Waals surface area contributed by atoms with E-state index in [-0.39, 0.29) is 6.29 Å². The van der Waals surface area contributed by atoms with Gasteiger partial charge in [-0.2, -0.15) is 0 Å². The van der Waals surface area contributed by atoms with E-state index < -0.39 is 0 Å². The Kier molecular flexibility index (Phi) is 4.59. The lowest BCUT2D eigenvalue weighted by atomic mass is 10.1. The van der Waals surface area contributed by atoms with Crippen molar-refractivity contribution in [3.8, 4) is 11.5 Å². The van der Waals surface area contributed by atoms with Gasteiger partial charge in [0, 0.05) is 12.8 Å². The third-order valence-electron chi connectivity index (χ3n) is 2.94. The van der Waals surface area contributed by atoms with Crippen molar-refractivity contribution in [2.75, 3.05) is 13.7 Å². The molecule has 1 heterocycles. The summed E-state index contributed by atoms with van der Waals surface area (Å²) in [7, 11) is 1.59. The average Bonchev–Trinajstić information content (AvgIpc) is 2.42. The predicted octanol–water partition coefficient (Wildman–Crippen LogP) is 2.34. The molecule has 0 amide bonds. The van der Waals surface area contributed by atoms with Crippen LogP contribution in [0.5, 0.6) is 11.5 Å². The summed E-state index contributed by atoms with van der Waals surface area (Å²) in [4.78, 5) is 10.5. The summed E-state index contributed by atoms with van der Waals surface area (Å²) < 4.78 is 16.6. The Morgan fingerprint density at radius 3 is 2.94 bits per heavy atom. The quantitative estimate of drug-likeness (QED) is 0.752. The van der Waals surface area contributed by atoms with Crippen LogP contribution < -0.4 is 9.47 Å². The van der Waals surface area contributed by atoms with Crippen molar-refractivity contribution in [1.29, 1.82) is 0 Å². The molecule has 1 atom stereocenters. The number of rotatable bonds is 5. The fourth-order valence-corrected chi connectivity index (χ4v) is 1.98. The fraction of sp³-hybridized carbons (Fsp3) is 0.500. The first-order valence-electron chi connectivity index (χ1n) is 6.22. The van der Waals surface area contributed by atoms with Crippen LogP contribution in [0.1, 0.15) is 24.8 Å². The Morgan fingerprint density at radius 1 is 1.39 bits per heavy atom. The summed E-state index contributed by atoms with van der Waals surface area (Å²) in [5.41, 5.74) is 0.916. The fourth-order valence-electron chi connectivity index (χ4n) is 1.98. The molecule has 1 saturated heterocycles. The molecule has 1 aromatic carbocycles. The van der Waals surface area contributed by atoms with E-state index in [0.29, 0.717) is 17.9 Å².